The van der Waals surface area contributed by atoms with E-state index in [2.05, 4.69) is 43.4 Å². The van der Waals surface area contributed by atoms with Crippen molar-refractivity contribution in [3.63, 3.8) is 0 Å². The van der Waals surface area contributed by atoms with Gasteiger partial charge in [-0.05, 0) is 31.5 Å². The summed E-state index contributed by atoms with van der Waals surface area (Å²) < 4.78 is 5.65. The van der Waals surface area contributed by atoms with Crippen molar-refractivity contribution in [1.29, 1.82) is 0 Å². The SMILES string of the molecule is Cc1ccc([C@H](C)NCCOc2ccccc2)cc1. The van der Waals surface area contributed by atoms with Gasteiger partial charge in [0.2, 0.25) is 0 Å². The lowest BCUT2D eigenvalue weighted by atomic mass is 10.1. The van der Waals surface area contributed by atoms with Gasteiger partial charge in [-0.15, -0.1) is 0 Å². The van der Waals surface area contributed by atoms with E-state index in [1.165, 1.54) is 11.1 Å². The van der Waals surface area contributed by atoms with Crippen LogP contribution in [-0.4, -0.2) is 13.2 Å². The molecule has 0 aliphatic carbocycles. The Morgan fingerprint density at radius 1 is 1.00 bits per heavy atom. The molecule has 0 aliphatic rings. The molecule has 0 amide bonds. The number of hydrogen-bond acceptors (Lipinski definition) is 2. The molecule has 0 fully saturated rings. The predicted molar refractivity (Wildman–Crippen MR) is 79.5 cm³/mol. The predicted octanol–water partition coefficient (Wildman–Crippen LogP) is 3.72. The standard InChI is InChI=1S/C17H21NO/c1-14-8-10-16(11-9-14)15(2)18-12-13-19-17-6-4-3-5-7-17/h3-11,15,18H,12-13H2,1-2H3/t15-/m0/s1. The molecule has 0 unspecified atom stereocenters. The molecule has 0 heterocycles. The van der Waals surface area contributed by atoms with Crippen molar-refractivity contribution in [2.75, 3.05) is 13.2 Å². The maximum Gasteiger partial charge on any atom is 0.119 e. The maximum absolute atomic E-state index is 5.65. The number of para-hydroxylation sites is 1. The van der Waals surface area contributed by atoms with E-state index in [1.54, 1.807) is 0 Å². The lowest BCUT2D eigenvalue weighted by molar-refractivity contribution is 0.307. The number of benzene rings is 2. The van der Waals surface area contributed by atoms with E-state index in [0.29, 0.717) is 12.6 Å². The molecule has 100 valence electrons. The minimum absolute atomic E-state index is 0.347. The van der Waals surface area contributed by atoms with Gasteiger partial charge < -0.3 is 10.1 Å². The highest BCUT2D eigenvalue weighted by atomic mass is 16.5. The zero-order chi connectivity index (χ0) is 13.5. The molecular weight excluding hydrogens is 234 g/mol. The molecule has 0 saturated heterocycles. The normalized spacial score (nSPS) is 12.1. The molecule has 0 saturated carbocycles. The molecule has 1 atom stereocenters. The quantitative estimate of drug-likeness (QED) is 0.794. The zero-order valence-electron chi connectivity index (χ0n) is 11.6. The largest absolute Gasteiger partial charge is 0.492 e. The van der Waals surface area contributed by atoms with Crippen LogP contribution in [0.15, 0.2) is 54.6 Å². The minimum Gasteiger partial charge on any atom is -0.492 e. The lowest BCUT2D eigenvalue weighted by Gasteiger charge is -2.15. The first-order valence-electron chi connectivity index (χ1n) is 6.73. The van der Waals surface area contributed by atoms with Gasteiger partial charge in [0.1, 0.15) is 12.4 Å². The van der Waals surface area contributed by atoms with Crippen molar-refractivity contribution in [3.8, 4) is 5.75 Å². The molecule has 2 heteroatoms. The third kappa shape index (κ3) is 4.42. The molecule has 0 radical (unpaired) electrons. The van der Waals surface area contributed by atoms with Crippen molar-refractivity contribution in [2.45, 2.75) is 19.9 Å². The number of aryl methyl sites for hydroxylation is 1. The summed E-state index contributed by atoms with van der Waals surface area (Å²) in [5, 5.41) is 3.46. The van der Waals surface area contributed by atoms with Crippen LogP contribution in [0.4, 0.5) is 0 Å². The van der Waals surface area contributed by atoms with Crippen LogP contribution in [0.3, 0.4) is 0 Å². The van der Waals surface area contributed by atoms with Gasteiger partial charge in [0, 0.05) is 12.6 Å². The van der Waals surface area contributed by atoms with Crippen LogP contribution in [0.5, 0.6) is 5.75 Å². The Morgan fingerprint density at radius 3 is 2.37 bits per heavy atom. The average molecular weight is 255 g/mol. The van der Waals surface area contributed by atoms with Crippen molar-refractivity contribution >= 4 is 0 Å². The van der Waals surface area contributed by atoms with Crippen molar-refractivity contribution in [2.24, 2.45) is 0 Å². The fourth-order valence-electron chi connectivity index (χ4n) is 1.93. The van der Waals surface area contributed by atoms with E-state index in [1.807, 2.05) is 30.3 Å². The van der Waals surface area contributed by atoms with Crippen molar-refractivity contribution < 1.29 is 4.74 Å². The Balaban J connectivity index is 1.72. The summed E-state index contributed by atoms with van der Waals surface area (Å²) in [4.78, 5) is 0. The Morgan fingerprint density at radius 2 is 1.68 bits per heavy atom. The number of hydrogen-bond donors (Lipinski definition) is 1. The van der Waals surface area contributed by atoms with Crippen molar-refractivity contribution in [3.05, 3.63) is 65.7 Å². The van der Waals surface area contributed by atoms with Gasteiger partial charge in [-0.2, -0.15) is 0 Å². The highest BCUT2D eigenvalue weighted by Gasteiger charge is 2.03. The van der Waals surface area contributed by atoms with E-state index in [9.17, 15) is 0 Å². The van der Waals surface area contributed by atoms with Crippen molar-refractivity contribution in [1.82, 2.24) is 5.32 Å². The third-order valence-electron chi connectivity index (χ3n) is 3.14. The van der Waals surface area contributed by atoms with Gasteiger partial charge >= 0.3 is 0 Å². The fourth-order valence-corrected chi connectivity index (χ4v) is 1.93. The van der Waals surface area contributed by atoms with Crippen LogP contribution in [0.1, 0.15) is 24.1 Å². The van der Waals surface area contributed by atoms with Gasteiger partial charge in [-0.3, -0.25) is 0 Å². The fraction of sp³-hybridized carbons (Fsp3) is 0.294. The monoisotopic (exact) mass is 255 g/mol. The average Bonchev–Trinajstić information content (AvgIpc) is 2.45. The van der Waals surface area contributed by atoms with E-state index in [0.717, 1.165) is 12.3 Å². The Hall–Kier alpha value is -1.80. The Labute approximate surface area is 115 Å². The van der Waals surface area contributed by atoms with Gasteiger partial charge in [0.25, 0.3) is 0 Å². The summed E-state index contributed by atoms with van der Waals surface area (Å²) in [6.45, 7) is 5.80. The third-order valence-corrected chi connectivity index (χ3v) is 3.14. The lowest BCUT2D eigenvalue weighted by Crippen LogP contribution is -2.24. The molecule has 0 bridgehead atoms. The second kappa shape index (κ2) is 6.95. The maximum atomic E-state index is 5.65. The second-order valence-corrected chi connectivity index (χ2v) is 4.75. The summed E-state index contributed by atoms with van der Waals surface area (Å²) in [6, 6.07) is 18.9. The van der Waals surface area contributed by atoms with Crippen LogP contribution in [0.25, 0.3) is 0 Å². The molecule has 1 N–H and O–H groups in total. The van der Waals surface area contributed by atoms with Crippen LogP contribution < -0.4 is 10.1 Å². The molecule has 2 aromatic carbocycles. The first-order chi connectivity index (χ1) is 9.25. The molecule has 2 rings (SSSR count). The highest BCUT2D eigenvalue weighted by Crippen LogP contribution is 2.13. The Kier molecular flexibility index (Phi) is 4.99. The molecule has 2 aromatic rings. The van der Waals surface area contributed by atoms with Crippen LogP contribution >= 0.6 is 0 Å². The smallest absolute Gasteiger partial charge is 0.119 e. The molecule has 0 aliphatic heterocycles. The van der Waals surface area contributed by atoms with Gasteiger partial charge in [0.15, 0.2) is 0 Å². The minimum atomic E-state index is 0.347. The molecule has 19 heavy (non-hydrogen) atoms. The van der Waals surface area contributed by atoms with E-state index < -0.39 is 0 Å². The molecule has 0 aromatic heterocycles. The van der Waals surface area contributed by atoms with E-state index in [4.69, 9.17) is 4.74 Å². The second-order valence-electron chi connectivity index (χ2n) is 4.75. The summed E-state index contributed by atoms with van der Waals surface area (Å²) in [5.41, 5.74) is 2.61. The first kappa shape index (κ1) is 13.6. The molecule has 0 spiro atoms. The molecule has 2 nitrogen and oxygen atoms in total. The summed E-state index contributed by atoms with van der Waals surface area (Å²) in [7, 11) is 0. The summed E-state index contributed by atoms with van der Waals surface area (Å²) in [5.74, 6) is 0.923. The van der Waals surface area contributed by atoms with Gasteiger partial charge in [-0.1, -0.05) is 48.0 Å². The first-order valence-corrected chi connectivity index (χ1v) is 6.73. The highest BCUT2D eigenvalue weighted by molar-refractivity contribution is 5.23. The number of rotatable bonds is 6. The Bertz CT molecular complexity index is 478. The summed E-state index contributed by atoms with van der Waals surface area (Å²) in [6.07, 6.45) is 0. The molecular formula is C17H21NO. The topological polar surface area (TPSA) is 21.3 Å². The number of nitrogens with one attached hydrogen (secondary N) is 1. The van der Waals surface area contributed by atoms with Crippen LogP contribution in [-0.2, 0) is 0 Å². The summed E-state index contributed by atoms with van der Waals surface area (Å²) >= 11 is 0. The van der Waals surface area contributed by atoms with Gasteiger partial charge in [0.05, 0.1) is 0 Å². The van der Waals surface area contributed by atoms with Crippen LogP contribution in [0, 0.1) is 6.92 Å². The van der Waals surface area contributed by atoms with Crippen LogP contribution in [0.2, 0.25) is 0 Å². The van der Waals surface area contributed by atoms with E-state index >= 15 is 0 Å². The van der Waals surface area contributed by atoms with E-state index in [-0.39, 0.29) is 0 Å². The number of ether oxygens (including phenoxy) is 1. The van der Waals surface area contributed by atoms with Gasteiger partial charge in [-0.25, -0.2) is 0 Å². The zero-order valence-corrected chi connectivity index (χ0v) is 11.6.